The van der Waals surface area contributed by atoms with E-state index < -0.39 is 0 Å². The van der Waals surface area contributed by atoms with E-state index in [4.69, 9.17) is 4.74 Å². The van der Waals surface area contributed by atoms with Crippen LogP contribution in [0.4, 0.5) is 0 Å². The molecule has 0 saturated heterocycles. The van der Waals surface area contributed by atoms with Crippen molar-refractivity contribution in [3.63, 3.8) is 0 Å². The van der Waals surface area contributed by atoms with Crippen LogP contribution < -0.4 is 10.1 Å². The number of amides is 1. The zero-order valence-electron chi connectivity index (χ0n) is 12.7. The lowest BCUT2D eigenvalue weighted by Gasteiger charge is -2.34. The molecule has 0 unspecified atom stereocenters. The molecular weight excluding hydrogens is 266 g/mol. The maximum absolute atomic E-state index is 12.0. The number of hydrogen-bond donors (Lipinski definition) is 1. The van der Waals surface area contributed by atoms with Crippen molar-refractivity contribution in [3.05, 3.63) is 29.8 Å². The smallest absolute Gasteiger partial charge is 0.258 e. The standard InChI is InChI=1S/C17H23NO3/c1-12-6-5-8-15(13(12)2)18-17(20)11-21-16-9-4-3-7-14(16)10-19/h3-4,7,9-10,12-13,15H,5-6,8,11H2,1-2H3,(H,18,20)/t12-,13-,15+/m1/s1. The first kappa shape index (κ1) is 15.5. The van der Waals surface area contributed by atoms with Gasteiger partial charge in [0, 0.05) is 6.04 Å². The van der Waals surface area contributed by atoms with Gasteiger partial charge < -0.3 is 10.1 Å². The monoisotopic (exact) mass is 289 g/mol. The summed E-state index contributed by atoms with van der Waals surface area (Å²) in [6, 6.07) is 7.14. The van der Waals surface area contributed by atoms with Crippen molar-refractivity contribution in [2.45, 2.75) is 39.2 Å². The number of aldehydes is 1. The van der Waals surface area contributed by atoms with Crippen LogP contribution in [0, 0.1) is 11.8 Å². The van der Waals surface area contributed by atoms with Gasteiger partial charge in [-0.1, -0.05) is 38.8 Å². The third kappa shape index (κ3) is 4.06. The summed E-state index contributed by atoms with van der Waals surface area (Å²) in [7, 11) is 0. The molecule has 0 spiro atoms. The van der Waals surface area contributed by atoms with Crippen LogP contribution >= 0.6 is 0 Å². The second-order valence-electron chi connectivity index (χ2n) is 5.89. The molecule has 1 fully saturated rings. The van der Waals surface area contributed by atoms with Crippen molar-refractivity contribution >= 4 is 12.2 Å². The van der Waals surface area contributed by atoms with Gasteiger partial charge >= 0.3 is 0 Å². The first-order valence-corrected chi connectivity index (χ1v) is 7.58. The van der Waals surface area contributed by atoms with Gasteiger partial charge in [0.05, 0.1) is 5.56 Å². The quantitative estimate of drug-likeness (QED) is 0.848. The molecule has 1 saturated carbocycles. The fourth-order valence-corrected chi connectivity index (χ4v) is 2.89. The first-order chi connectivity index (χ1) is 10.1. The highest BCUT2D eigenvalue weighted by Gasteiger charge is 2.28. The Labute approximate surface area is 125 Å². The second-order valence-corrected chi connectivity index (χ2v) is 5.89. The molecule has 21 heavy (non-hydrogen) atoms. The lowest BCUT2D eigenvalue weighted by atomic mass is 9.78. The normalized spacial score (nSPS) is 25.1. The van der Waals surface area contributed by atoms with Crippen molar-refractivity contribution in [3.8, 4) is 5.75 Å². The Morgan fingerprint density at radius 3 is 2.86 bits per heavy atom. The van der Waals surface area contributed by atoms with E-state index in [1.165, 1.54) is 6.42 Å². The van der Waals surface area contributed by atoms with Crippen LogP contribution in [0.15, 0.2) is 24.3 Å². The van der Waals surface area contributed by atoms with Crippen LogP contribution in [0.5, 0.6) is 5.75 Å². The number of nitrogens with one attached hydrogen (secondary N) is 1. The molecule has 1 aliphatic carbocycles. The molecule has 1 aromatic carbocycles. The van der Waals surface area contributed by atoms with Gasteiger partial charge in [-0.2, -0.15) is 0 Å². The number of ether oxygens (including phenoxy) is 1. The van der Waals surface area contributed by atoms with Gasteiger partial charge in [0.15, 0.2) is 12.9 Å². The summed E-state index contributed by atoms with van der Waals surface area (Å²) in [4.78, 5) is 22.9. The molecular formula is C17H23NO3. The van der Waals surface area contributed by atoms with Crippen LogP contribution in [-0.4, -0.2) is 24.8 Å². The molecule has 1 aliphatic rings. The Morgan fingerprint density at radius 2 is 2.10 bits per heavy atom. The Morgan fingerprint density at radius 1 is 1.33 bits per heavy atom. The molecule has 3 atom stereocenters. The predicted octanol–water partition coefficient (Wildman–Crippen LogP) is 2.82. The second kappa shape index (κ2) is 7.25. The van der Waals surface area contributed by atoms with Gasteiger partial charge in [-0.15, -0.1) is 0 Å². The van der Waals surface area contributed by atoms with Crippen LogP contribution in [-0.2, 0) is 4.79 Å². The summed E-state index contributed by atoms with van der Waals surface area (Å²) in [6.07, 6.45) is 4.16. The maximum Gasteiger partial charge on any atom is 0.258 e. The van der Waals surface area contributed by atoms with Crippen molar-refractivity contribution < 1.29 is 14.3 Å². The minimum atomic E-state index is -0.123. The van der Waals surface area contributed by atoms with E-state index in [9.17, 15) is 9.59 Å². The minimum Gasteiger partial charge on any atom is -0.483 e. The summed E-state index contributed by atoms with van der Waals surface area (Å²) in [5.74, 6) is 1.46. The van der Waals surface area contributed by atoms with Crippen LogP contribution in [0.25, 0.3) is 0 Å². The molecule has 0 radical (unpaired) electrons. The fraction of sp³-hybridized carbons (Fsp3) is 0.529. The van der Waals surface area contributed by atoms with Gasteiger partial charge in [-0.3, -0.25) is 9.59 Å². The summed E-state index contributed by atoms with van der Waals surface area (Å²) >= 11 is 0. The third-order valence-corrected chi connectivity index (χ3v) is 4.46. The van der Waals surface area contributed by atoms with Gasteiger partial charge in [0.2, 0.25) is 0 Å². The number of benzene rings is 1. The summed E-state index contributed by atoms with van der Waals surface area (Å²) < 4.78 is 5.45. The fourth-order valence-electron chi connectivity index (χ4n) is 2.89. The Balaban J connectivity index is 1.86. The van der Waals surface area contributed by atoms with E-state index in [1.54, 1.807) is 24.3 Å². The highest BCUT2D eigenvalue weighted by molar-refractivity contribution is 5.80. The van der Waals surface area contributed by atoms with Gasteiger partial charge in [0.25, 0.3) is 5.91 Å². The molecule has 4 nitrogen and oxygen atoms in total. The molecule has 2 rings (SSSR count). The van der Waals surface area contributed by atoms with Crippen LogP contribution in [0.1, 0.15) is 43.5 Å². The number of hydrogen-bond acceptors (Lipinski definition) is 3. The molecule has 1 aromatic rings. The highest BCUT2D eigenvalue weighted by atomic mass is 16.5. The summed E-state index contributed by atoms with van der Waals surface area (Å²) in [5, 5.41) is 3.05. The summed E-state index contributed by atoms with van der Waals surface area (Å²) in [5.41, 5.74) is 0.463. The van der Waals surface area contributed by atoms with Crippen LogP contribution in [0.3, 0.4) is 0 Å². The molecule has 0 bridgehead atoms. The van der Waals surface area contributed by atoms with Crippen molar-refractivity contribution in [1.82, 2.24) is 5.32 Å². The molecule has 0 heterocycles. The van der Waals surface area contributed by atoms with E-state index in [2.05, 4.69) is 19.2 Å². The molecule has 1 amide bonds. The van der Waals surface area contributed by atoms with E-state index in [0.29, 0.717) is 23.1 Å². The van der Waals surface area contributed by atoms with Crippen molar-refractivity contribution in [2.24, 2.45) is 11.8 Å². The van der Waals surface area contributed by atoms with Gasteiger partial charge in [-0.05, 0) is 30.4 Å². The number of carbonyl (C=O) groups is 2. The first-order valence-electron chi connectivity index (χ1n) is 7.58. The predicted molar refractivity (Wildman–Crippen MR) is 81.4 cm³/mol. The Kier molecular flexibility index (Phi) is 5.37. The van der Waals surface area contributed by atoms with Gasteiger partial charge in [0.1, 0.15) is 5.75 Å². The van der Waals surface area contributed by atoms with E-state index in [1.807, 2.05) is 0 Å². The molecule has 114 valence electrons. The minimum absolute atomic E-state index is 0.0531. The SMILES string of the molecule is C[C@@H]1[C@H](C)CCC[C@@H]1NC(=O)COc1ccccc1C=O. The average Bonchev–Trinajstić information content (AvgIpc) is 2.50. The Hall–Kier alpha value is -1.84. The molecule has 4 heteroatoms. The number of rotatable bonds is 5. The summed E-state index contributed by atoms with van der Waals surface area (Å²) in [6.45, 7) is 4.37. The number of para-hydroxylation sites is 1. The van der Waals surface area contributed by atoms with E-state index in [-0.39, 0.29) is 18.6 Å². The van der Waals surface area contributed by atoms with E-state index >= 15 is 0 Å². The largest absolute Gasteiger partial charge is 0.483 e. The Bertz CT molecular complexity index is 501. The topological polar surface area (TPSA) is 55.4 Å². The average molecular weight is 289 g/mol. The van der Waals surface area contributed by atoms with Crippen molar-refractivity contribution in [1.29, 1.82) is 0 Å². The van der Waals surface area contributed by atoms with E-state index in [0.717, 1.165) is 19.1 Å². The zero-order chi connectivity index (χ0) is 15.2. The third-order valence-electron chi connectivity index (χ3n) is 4.46. The maximum atomic E-state index is 12.0. The molecule has 1 N–H and O–H groups in total. The number of carbonyl (C=O) groups excluding carboxylic acids is 2. The lowest BCUT2D eigenvalue weighted by molar-refractivity contribution is -0.124. The highest BCUT2D eigenvalue weighted by Crippen LogP contribution is 2.29. The van der Waals surface area contributed by atoms with Crippen LogP contribution in [0.2, 0.25) is 0 Å². The molecule has 0 aromatic heterocycles. The van der Waals surface area contributed by atoms with Crippen molar-refractivity contribution in [2.75, 3.05) is 6.61 Å². The van der Waals surface area contributed by atoms with Gasteiger partial charge in [-0.25, -0.2) is 0 Å². The lowest BCUT2D eigenvalue weighted by Crippen LogP contribution is -2.45. The zero-order valence-corrected chi connectivity index (χ0v) is 12.7. The molecule has 0 aliphatic heterocycles.